The van der Waals surface area contributed by atoms with Gasteiger partial charge in [-0.2, -0.15) is 4.98 Å². The van der Waals surface area contributed by atoms with Crippen LogP contribution in [-0.2, 0) is 4.74 Å². The molecule has 0 aliphatic carbocycles. The molecule has 1 aromatic carbocycles. The molecule has 2 saturated heterocycles. The first-order chi connectivity index (χ1) is 16.0. The SMILES string of the molecule is COCC1CCCN1C(=O)c1cccc(Nc2nc(N3CCCC(N)C3)ncc2C(N)=O)c1.Cl. The zero-order valence-corrected chi connectivity index (χ0v) is 20.1. The lowest BCUT2D eigenvalue weighted by atomic mass is 10.1. The highest BCUT2D eigenvalue weighted by atomic mass is 35.5. The van der Waals surface area contributed by atoms with Crippen LogP contribution >= 0.6 is 12.4 Å². The van der Waals surface area contributed by atoms with Crippen molar-refractivity contribution in [2.45, 2.75) is 37.8 Å². The van der Waals surface area contributed by atoms with Crippen LogP contribution < -0.4 is 21.7 Å². The Balaban J connectivity index is 0.00000324. The van der Waals surface area contributed by atoms with E-state index in [1.165, 1.54) is 6.20 Å². The van der Waals surface area contributed by atoms with Crippen LogP contribution in [0.15, 0.2) is 30.5 Å². The van der Waals surface area contributed by atoms with E-state index < -0.39 is 5.91 Å². The van der Waals surface area contributed by atoms with Gasteiger partial charge in [0, 0.05) is 50.2 Å². The van der Waals surface area contributed by atoms with Gasteiger partial charge in [-0.05, 0) is 43.9 Å². The summed E-state index contributed by atoms with van der Waals surface area (Å²) in [6.45, 7) is 2.68. The number of halogens is 1. The van der Waals surface area contributed by atoms with Gasteiger partial charge in [0.1, 0.15) is 11.4 Å². The number of aromatic nitrogens is 2. The molecule has 2 aliphatic rings. The molecule has 4 rings (SSSR count). The number of nitrogens with two attached hydrogens (primary N) is 2. The molecule has 2 amide bonds. The summed E-state index contributed by atoms with van der Waals surface area (Å²) in [6, 6.07) is 7.30. The standard InChI is InChI=1S/C23H31N7O3.ClH/c1-33-14-18-8-4-10-30(18)22(32)15-5-2-7-17(11-15)27-21-19(20(25)31)12-26-23(28-21)29-9-3-6-16(24)13-29;/h2,5,7,11-12,16,18H,3-4,6,8-10,13-14,24H2,1H3,(H2,25,31)(H,26,27,28);1H. The summed E-state index contributed by atoms with van der Waals surface area (Å²) >= 11 is 0. The van der Waals surface area contributed by atoms with E-state index in [0.29, 0.717) is 42.7 Å². The summed E-state index contributed by atoms with van der Waals surface area (Å²) < 4.78 is 5.27. The molecule has 1 aromatic heterocycles. The molecule has 3 heterocycles. The molecule has 0 radical (unpaired) electrons. The molecule has 184 valence electrons. The van der Waals surface area contributed by atoms with Gasteiger partial charge in [-0.15, -0.1) is 12.4 Å². The minimum absolute atomic E-state index is 0. The molecule has 2 atom stereocenters. The first-order valence-corrected chi connectivity index (χ1v) is 11.3. The molecule has 2 aromatic rings. The topological polar surface area (TPSA) is 140 Å². The smallest absolute Gasteiger partial charge is 0.254 e. The van der Waals surface area contributed by atoms with Crippen molar-refractivity contribution in [3.05, 3.63) is 41.6 Å². The summed E-state index contributed by atoms with van der Waals surface area (Å²) in [7, 11) is 1.65. The van der Waals surface area contributed by atoms with E-state index in [1.54, 1.807) is 25.3 Å². The van der Waals surface area contributed by atoms with Crippen LogP contribution in [0.4, 0.5) is 17.5 Å². The van der Waals surface area contributed by atoms with E-state index in [-0.39, 0.29) is 36.0 Å². The average molecular weight is 490 g/mol. The third kappa shape index (κ3) is 5.75. The Hall–Kier alpha value is -2.95. The van der Waals surface area contributed by atoms with Gasteiger partial charge in [-0.3, -0.25) is 9.59 Å². The largest absolute Gasteiger partial charge is 0.383 e. The fraction of sp³-hybridized carbons (Fsp3) is 0.478. The lowest BCUT2D eigenvalue weighted by Crippen LogP contribution is -2.43. The molecule has 11 heteroatoms. The highest BCUT2D eigenvalue weighted by Gasteiger charge is 2.29. The quantitative estimate of drug-likeness (QED) is 0.535. The van der Waals surface area contributed by atoms with Gasteiger partial charge in [0.25, 0.3) is 11.8 Å². The van der Waals surface area contributed by atoms with Crippen LogP contribution in [0.5, 0.6) is 0 Å². The van der Waals surface area contributed by atoms with E-state index in [0.717, 1.165) is 32.2 Å². The van der Waals surface area contributed by atoms with Gasteiger partial charge < -0.3 is 31.3 Å². The second-order valence-electron chi connectivity index (χ2n) is 8.60. The van der Waals surface area contributed by atoms with Crippen molar-refractivity contribution >= 4 is 41.7 Å². The Kier molecular flexibility index (Phi) is 8.65. The number of nitrogens with one attached hydrogen (secondary N) is 1. The number of rotatable bonds is 7. The number of carbonyl (C=O) groups excluding carboxylic acids is 2. The highest BCUT2D eigenvalue weighted by molar-refractivity contribution is 5.99. The van der Waals surface area contributed by atoms with Crippen molar-refractivity contribution in [1.29, 1.82) is 0 Å². The van der Waals surface area contributed by atoms with Crippen molar-refractivity contribution in [1.82, 2.24) is 14.9 Å². The number of piperidine rings is 1. The maximum absolute atomic E-state index is 13.1. The van der Waals surface area contributed by atoms with Crippen molar-refractivity contribution in [3.63, 3.8) is 0 Å². The van der Waals surface area contributed by atoms with Crippen LogP contribution in [0.1, 0.15) is 46.4 Å². The second kappa shape index (κ2) is 11.5. The molecule has 0 saturated carbocycles. The number of amides is 2. The maximum atomic E-state index is 13.1. The van der Waals surface area contributed by atoms with Crippen LogP contribution in [0.2, 0.25) is 0 Å². The molecule has 10 nitrogen and oxygen atoms in total. The lowest BCUT2D eigenvalue weighted by Gasteiger charge is -2.31. The van der Waals surface area contributed by atoms with Crippen molar-refractivity contribution in [3.8, 4) is 0 Å². The average Bonchev–Trinajstić information content (AvgIpc) is 3.27. The molecule has 0 spiro atoms. The number of ether oxygens (including phenoxy) is 1. The summed E-state index contributed by atoms with van der Waals surface area (Å²) in [5.41, 5.74) is 13.0. The van der Waals surface area contributed by atoms with E-state index in [9.17, 15) is 9.59 Å². The minimum atomic E-state index is -0.633. The summed E-state index contributed by atoms with van der Waals surface area (Å²) in [6.07, 6.45) is 5.24. The number of nitrogens with zero attached hydrogens (tertiary/aromatic N) is 4. The molecule has 34 heavy (non-hydrogen) atoms. The zero-order chi connectivity index (χ0) is 23.4. The van der Waals surface area contributed by atoms with Gasteiger partial charge >= 0.3 is 0 Å². The number of hydrogen-bond acceptors (Lipinski definition) is 8. The Morgan fingerprint density at radius 1 is 1.24 bits per heavy atom. The van der Waals surface area contributed by atoms with Gasteiger partial charge in [0.05, 0.1) is 12.6 Å². The van der Waals surface area contributed by atoms with E-state index in [1.807, 2.05) is 15.9 Å². The monoisotopic (exact) mass is 489 g/mol. The number of anilines is 3. The second-order valence-corrected chi connectivity index (χ2v) is 8.60. The summed E-state index contributed by atoms with van der Waals surface area (Å²) in [4.78, 5) is 37.9. The van der Waals surface area contributed by atoms with Crippen LogP contribution in [0.3, 0.4) is 0 Å². The van der Waals surface area contributed by atoms with Crippen LogP contribution in [0, 0.1) is 0 Å². The Morgan fingerprint density at radius 3 is 2.76 bits per heavy atom. The lowest BCUT2D eigenvalue weighted by molar-refractivity contribution is 0.0630. The number of carbonyl (C=O) groups is 2. The third-order valence-electron chi connectivity index (χ3n) is 6.15. The van der Waals surface area contributed by atoms with Crippen molar-refractivity contribution in [2.24, 2.45) is 11.5 Å². The van der Waals surface area contributed by atoms with E-state index in [2.05, 4.69) is 15.3 Å². The zero-order valence-electron chi connectivity index (χ0n) is 19.3. The Bertz CT molecular complexity index is 1020. The number of primary amides is 1. The molecule has 5 N–H and O–H groups in total. The van der Waals surface area contributed by atoms with Gasteiger partial charge in [0.15, 0.2) is 0 Å². The van der Waals surface area contributed by atoms with Gasteiger partial charge in [0.2, 0.25) is 5.95 Å². The number of hydrogen-bond donors (Lipinski definition) is 3. The summed E-state index contributed by atoms with van der Waals surface area (Å²) in [5, 5.41) is 3.16. The number of likely N-dealkylation sites (tertiary alicyclic amines) is 1. The third-order valence-corrected chi connectivity index (χ3v) is 6.15. The van der Waals surface area contributed by atoms with Crippen molar-refractivity contribution in [2.75, 3.05) is 43.6 Å². The van der Waals surface area contributed by atoms with Crippen LogP contribution in [-0.4, -0.2) is 72.1 Å². The normalized spacial score (nSPS) is 20.1. The first kappa shape index (κ1) is 25.7. The highest BCUT2D eigenvalue weighted by Crippen LogP contribution is 2.25. The minimum Gasteiger partial charge on any atom is -0.383 e. The molecule has 2 fully saturated rings. The predicted octanol–water partition coefficient (Wildman–Crippen LogP) is 1.92. The molecule has 2 aliphatic heterocycles. The van der Waals surface area contributed by atoms with Gasteiger partial charge in [-0.25, -0.2) is 4.98 Å². The predicted molar refractivity (Wildman–Crippen MR) is 133 cm³/mol. The molecular weight excluding hydrogens is 458 g/mol. The molecule has 2 unspecified atom stereocenters. The van der Waals surface area contributed by atoms with E-state index >= 15 is 0 Å². The summed E-state index contributed by atoms with van der Waals surface area (Å²) in [5.74, 6) is 0.115. The van der Waals surface area contributed by atoms with E-state index in [4.69, 9.17) is 16.2 Å². The fourth-order valence-electron chi connectivity index (χ4n) is 4.49. The van der Waals surface area contributed by atoms with Gasteiger partial charge in [-0.1, -0.05) is 6.07 Å². The van der Waals surface area contributed by atoms with Crippen molar-refractivity contribution < 1.29 is 14.3 Å². The Morgan fingerprint density at radius 2 is 2.03 bits per heavy atom. The number of methoxy groups -OCH3 is 1. The Labute approximate surface area is 205 Å². The maximum Gasteiger partial charge on any atom is 0.254 e. The van der Waals surface area contributed by atoms with Crippen LogP contribution in [0.25, 0.3) is 0 Å². The molecular formula is C23H32ClN7O3. The fourth-order valence-corrected chi connectivity index (χ4v) is 4.49. The number of benzene rings is 1. The molecule has 0 bridgehead atoms. The first-order valence-electron chi connectivity index (χ1n) is 11.3.